The molecule has 0 aromatic heterocycles. The molecule has 0 spiro atoms. The zero-order valence-electron chi connectivity index (χ0n) is 10.1. The minimum atomic E-state index is 0.0191. The fraction of sp³-hybridized carbons (Fsp3) is 0.917. The highest BCUT2D eigenvalue weighted by Crippen LogP contribution is 2.17. The highest BCUT2D eigenvalue weighted by molar-refractivity contribution is 5.83. The first kappa shape index (κ1) is 13.6. The molecule has 0 fully saturated rings. The maximum atomic E-state index is 11.6. The molecular formula is C12H25NO. The van der Waals surface area contributed by atoms with Gasteiger partial charge >= 0.3 is 0 Å². The molecule has 0 radical (unpaired) electrons. The maximum Gasteiger partial charge on any atom is 0.149 e. The first-order valence-electron chi connectivity index (χ1n) is 5.85. The lowest BCUT2D eigenvalue weighted by Crippen LogP contribution is -2.31. The Morgan fingerprint density at radius 2 is 2.00 bits per heavy atom. The molecule has 0 aromatic rings. The van der Waals surface area contributed by atoms with Gasteiger partial charge in [0.2, 0.25) is 0 Å². The molecule has 0 amide bonds. The highest BCUT2D eigenvalue weighted by Gasteiger charge is 2.15. The number of hydrogen-bond donors (Lipinski definition) is 1. The lowest BCUT2D eigenvalue weighted by Gasteiger charge is -2.16. The topological polar surface area (TPSA) is 29.1 Å². The molecule has 2 heteroatoms. The molecule has 0 aromatic carbocycles. The molecule has 84 valence electrons. The van der Waals surface area contributed by atoms with E-state index in [0.29, 0.717) is 11.7 Å². The molecule has 0 aliphatic heterocycles. The van der Waals surface area contributed by atoms with Crippen molar-refractivity contribution in [3.8, 4) is 0 Å². The predicted octanol–water partition coefficient (Wildman–Crippen LogP) is 2.77. The van der Waals surface area contributed by atoms with Crippen LogP contribution < -0.4 is 5.32 Å². The van der Waals surface area contributed by atoms with E-state index >= 15 is 0 Å². The Hall–Kier alpha value is -0.370. The Morgan fingerprint density at radius 3 is 2.43 bits per heavy atom. The Labute approximate surface area is 88.5 Å². The normalized spacial score (nSPS) is 15.1. The summed E-state index contributed by atoms with van der Waals surface area (Å²) in [5.74, 6) is 0.953. The van der Waals surface area contributed by atoms with E-state index in [4.69, 9.17) is 0 Å². The molecule has 2 nitrogen and oxygen atoms in total. The summed E-state index contributed by atoms with van der Waals surface area (Å²) in [4.78, 5) is 11.6. The fourth-order valence-electron chi connectivity index (χ4n) is 1.57. The smallest absolute Gasteiger partial charge is 0.149 e. The van der Waals surface area contributed by atoms with Gasteiger partial charge in [-0.15, -0.1) is 0 Å². The number of Topliss-reactive ketones (excluding diaryl/α,β-unsaturated/α-hetero) is 1. The standard InChI is InChI=1S/C12H25NO/c1-5-7-8-11(6-2)9-12(14)10(3)13-4/h10-11,13H,5-9H2,1-4H3. The van der Waals surface area contributed by atoms with Crippen LogP contribution >= 0.6 is 0 Å². The van der Waals surface area contributed by atoms with Crippen molar-refractivity contribution < 1.29 is 4.79 Å². The number of unbranched alkanes of at least 4 members (excludes halogenated alkanes) is 1. The van der Waals surface area contributed by atoms with E-state index in [9.17, 15) is 4.79 Å². The van der Waals surface area contributed by atoms with Gasteiger partial charge in [0.1, 0.15) is 5.78 Å². The SMILES string of the molecule is CCCCC(CC)CC(=O)C(C)NC. The number of carbonyl (C=O) groups excluding carboxylic acids is 1. The average Bonchev–Trinajstić information content (AvgIpc) is 2.22. The van der Waals surface area contributed by atoms with E-state index in [1.54, 1.807) is 0 Å². The number of carbonyl (C=O) groups is 1. The molecule has 0 aliphatic carbocycles. The van der Waals surface area contributed by atoms with E-state index in [1.807, 2.05) is 14.0 Å². The van der Waals surface area contributed by atoms with Crippen molar-refractivity contribution in [2.75, 3.05) is 7.05 Å². The molecule has 0 saturated carbocycles. The summed E-state index contributed by atoms with van der Waals surface area (Å²) >= 11 is 0. The summed E-state index contributed by atoms with van der Waals surface area (Å²) in [6, 6.07) is 0.0191. The summed E-state index contributed by atoms with van der Waals surface area (Å²) in [5.41, 5.74) is 0. The average molecular weight is 199 g/mol. The second kappa shape index (κ2) is 7.98. The van der Waals surface area contributed by atoms with E-state index in [1.165, 1.54) is 19.3 Å². The van der Waals surface area contributed by atoms with Gasteiger partial charge in [0, 0.05) is 6.42 Å². The third-order valence-corrected chi connectivity index (χ3v) is 2.95. The van der Waals surface area contributed by atoms with Crippen LogP contribution in [0.1, 0.15) is 52.9 Å². The fourth-order valence-corrected chi connectivity index (χ4v) is 1.57. The number of likely N-dealkylation sites (N-methyl/N-ethyl adjacent to an activating group) is 1. The number of ketones is 1. The number of hydrogen-bond acceptors (Lipinski definition) is 2. The summed E-state index contributed by atoms with van der Waals surface area (Å²) in [5, 5.41) is 3.00. The molecule has 14 heavy (non-hydrogen) atoms. The zero-order chi connectivity index (χ0) is 11.0. The van der Waals surface area contributed by atoms with Crippen LogP contribution in [0.4, 0.5) is 0 Å². The minimum Gasteiger partial charge on any atom is -0.311 e. The third kappa shape index (κ3) is 5.38. The van der Waals surface area contributed by atoms with E-state index < -0.39 is 0 Å². The van der Waals surface area contributed by atoms with Gasteiger partial charge in [-0.25, -0.2) is 0 Å². The molecule has 1 N–H and O–H groups in total. The van der Waals surface area contributed by atoms with Crippen LogP contribution in [-0.2, 0) is 4.79 Å². The van der Waals surface area contributed by atoms with Crippen LogP contribution in [0, 0.1) is 5.92 Å². The van der Waals surface area contributed by atoms with Crippen LogP contribution in [0.3, 0.4) is 0 Å². The zero-order valence-corrected chi connectivity index (χ0v) is 10.1. The largest absolute Gasteiger partial charge is 0.311 e. The van der Waals surface area contributed by atoms with Gasteiger partial charge in [0.25, 0.3) is 0 Å². The molecule has 0 heterocycles. The van der Waals surface area contributed by atoms with E-state index in [0.717, 1.165) is 12.8 Å². The van der Waals surface area contributed by atoms with Gasteiger partial charge in [0.15, 0.2) is 0 Å². The van der Waals surface area contributed by atoms with Crippen molar-refractivity contribution in [2.45, 2.75) is 58.9 Å². The molecule has 0 aliphatic rings. The quantitative estimate of drug-likeness (QED) is 0.651. The molecule has 0 saturated heterocycles. The van der Waals surface area contributed by atoms with Crippen molar-refractivity contribution in [1.82, 2.24) is 5.32 Å². The summed E-state index contributed by atoms with van der Waals surface area (Å²) in [6.07, 6.45) is 5.56. The van der Waals surface area contributed by atoms with Crippen LogP contribution in [0.2, 0.25) is 0 Å². The van der Waals surface area contributed by atoms with Crippen LogP contribution in [0.5, 0.6) is 0 Å². The van der Waals surface area contributed by atoms with Gasteiger partial charge in [-0.05, 0) is 19.9 Å². The third-order valence-electron chi connectivity index (χ3n) is 2.95. The Kier molecular flexibility index (Phi) is 7.77. The lowest BCUT2D eigenvalue weighted by molar-refractivity contribution is -0.121. The van der Waals surface area contributed by atoms with Crippen molar-refractivity contribution in [2.24, 2.45) is 5.92 Å². The van der Waals surface area contributed by atoms with Crippen molar-refractivity contribution in [1.29, 1.82) is 0 Å². The van der Waals surface area contributed by atoms with Gasteiger partial charge in [-0.3, -0.25) is 4.79 Å². The molecule has 0 rings (SSSR count). The van der Waals surface area contributed by atoms with Crippen molar-refractivity contribution in [3.63, 3.8) is 0 Å². The van der Waals surface area contributed by atoms with Gasteiger partial charge in [0.05, 0.1) is 6.04 Å². The monoisotopic (exact) mass is 199 g/mol. The predicted molar refractivity (Wildman–Crippen MR) is 61.5 cm³/mol. The molecule has 0 bridgehead atoms. The first-order valence-corrected chi connectivity index (χ1v) is 5.85. The van der Waals surface area contributed by atoms with Crippen LogP contribution in [0.25, 0.3) is 0 Å². The summed E-state index contributed by atoms with van der Waals surface area (Å²) < 4.78 is 0. The Balaban J connectivity index is 3.85. The second-order valence-corrected chi connectivity index (χ2v) is 4.10. The first-order chi connectivity index (χ1) is 6.65. The number of nitrogens with one attached hydrogen (secondary N) is 1. The maximum absolute atomic E-state index is 11.6. The Morgan fingerprint density at radius 1 is 1.36 bits per heavy atom. The van der Waals surface area contributed by atoms with Gasteiger partial charge in [-0.2, -0.15) is 0 Å². The molecule has 2 atom stereocenters. The van der Waals surface area contributed by atoms with E-state index in [-0.39, 0.29) is 6.04 Å². The van der Waals surface area contributed by atoms with Crippen molar-refractivity contribution >= 4 is 5.78 Å². The van der Waals surface area contributed by atoms with Crippen LogP contribution in [0.15, 0.2) is 0 Å². The highest BCUT2D eigenvalue weighted by atomic mass is 16.1. The summed E-state index contributed by atoms with van der Waals surface area (Å²) in [7, 11) is 1.84. The molecule has 2 unspecified atom stereocenters. The molecular weight excluding hydrogens is 174 g/mol. The number of rotatable bonds is 8. The van der Waals surface area contributed by atoms with Crippen molar-refractivity contribution in [3.05, 3.63) is 0 Å². The van der Waals surface area contributed by atoms with Gasteiger partial charge < -0.3 is 5.32 Å². The van der Waals surface area contributed by atoms with Crippen LogP contribution in [-0.4, -0.2) is 18.9 Å². The van der Waals surface area contributed by atoms with E-state index in [2.05, 4.69) is 19.2 Å². The Bertz CT molecular complexity index is 156. The summed E-state index contributed by atoms with van der Waals surface area (Å²) in [6.45, 7) is 6.32. The minimum absolute atomic E-state index is 0.0191. The second-order valence-electron chi connectivity index (χ2n) is 4.10. The van der Waals surface area contributed by atoms with Gasteiger partial charge in [-0.1, -0.05) is 39.5 Å². The lowest BCUT2D eigenvalue weighted by atomic mass is 9.92.